The Morgan fingerprint density at radius 2 is 1.96 bits per heavy atom. The first-order chi connectivity index (χ1) is 11.2. The molecule has 0 aromatic heterocycles. The van der Waals surface area contributed by atoms with Crippen molar-refractivity contribution in [3.8, 4) is 11.5 Å². The van der Waals surface area contributed by atoms with Crippen molar-refractivity contribution in [2.75, 3.05) is 53.5 Å². The summed E-state index contributed by atoms with van der Waals surface area (Å²) in [5.41, 5.74) is 0.577. The van der Waals surface area contributed by atoms with E-state index in [1.165, 1.54) is 0 Å². The van der Waals surface area contributed by atoms with E-state index < -0.39 is 0 Å². The number of nitrogens with one attached hydrogen (secondary N) is 1. The Hall–Kier alpha value is -1.79. The number of piperazine rings is 1. The van der Waals surface area contributed by atoms with E-state index in [2.05, 4.69) is 10.2 Å². The maximum atomic E-state index is 12.9. The first-order valence-electron chi connectivity index (χ1n) is 8.19. The summed E-state index contributed by atoms with van der Waals surface area (Å²) in [6, 6.07) is 5.83. The Morgan fingerprint density at radius 3 is 2.65 bits per heavy atom. The van der Waals surface area contributed by atoms with E-state index in [-0.39, 0.29) is 5.91 Å². The monoisotopic (exact) mass is 319 g/mol. The summed E-state index contributed by atoms with van der Waals surface area (Å²) in [7, 11) is 3.19. The lowest BCUT2D eigenvalue weighted by Crippen LogP contribution is -2.49. The Bertz CT molecular complexity index is 558. The molecular formula is C17H25N3O3. The number of benzene rings is 1. The molecule has 0 spiro atoms. The highest BCUT2D eigenvalue weighted by molar-refractivity contribution is 5.97. The highest BCUT2D eigenvalue weighted by Crippen LogP contribution is 2.27. The molecule has 1 amide bonds. The van der Waals surface area contributed by atoms with E-state index >= 15 is 0 Å². The molecule has 0 bridgehead atoms. The van der Waals surface area contributed by atoms with Gasteiger partial charge < -0.3 is 19.7 Å². The van der Waals surface area contributed by atoms with Crippen LogP contribution in [0.5, 0.6) is 11.5 Å². The summed E-state index contributed by atoms with van der Waals surface area (Å²) in [5, 5.41) is 3.37. The van der Waals surface area contributed by atoms with Gasteiger partial charge in [-0.05, 0) is 24.6 Å². The fourth-order valence-electron chi connectivity index (χ4n) is 3.42. The Kier molecular flexibility index (Phi) is 5.03. The van der Waals surface area contributed by atoms with Crippen LogP contribution >= 0.6 is 0 Å². The zero-order valence-corrected chi connectivity index (χ0v) is 13.9. The molecule has 0 aliphatic carbocycles. The lowest BCUT2D eigenvalue weighted by atomic mass is 10.1. The normalized spacial score (nSPS) is 22.2. The molecule has 2 saturated heterocycles. The topological polar surface area (TPSA) is 54.0 Å². The predicted molar refractivity (Wildman–Crippen MR) is 88.3 cm³/mol. The fraction of sp³-hybridized carbons (Fsp3) is 0.588. The highest BCUT2D eigenvalue weighted by atomic mass is 16.5. The average Bonchev–Trinajstić information content (AvgIpc) is 3.11. The van der Waals surface area contributed by atoms with Crippen LogP contribution in [0.15, 0.2) is 18.2 Å². The quantitative estimate of drug-likeness (QED) is 0.891. The summed E-state index contributed by atoms with van der Waals surface area (Å²) < 4.78 is 10.6. The number of carbonyl (C=O) groups excluding carboxylic acids is 1. The second kappa shape index (κ2) is 7.19. The third kappa shape index (κ3) is 3.43. The summed E-state index contributed by atoms with van der Waals surface area (Å²) in [6.45, 7) is 5.79. The van der Waals surface area contributed by atoms with E-state index in [1.54, 1.807) is 26.4 Å². The van der Waals surface area contributed by atoms with Crippen molar-refractivity contribution < 1.29 is 14.3 Å². The fourth-order valence-corrected chi connectivity index (χ4v) is 3.42. The van der Waals surface area contributed by atoms with Crippen molar-refractivity contribution in [2.45, 2.75) is 12.5 Å². The van der Waals surface area contributed by atoms with Crippen molar-refractivity contribution in [1.82, 2.24) is 15.1 Å². The molecule has 1 aromatic carbocycles. The van der Waals surface area contributed by atoms with Gasteiger partial charge in [0.2, 0.25) is 0 Å². The van der Waals surface area contributed by atoms with Crippen molar-refractivity contribution in [2.24, 2.45) is 0 Å². The molecule has 1 atom stereocenters. The van der Waals surface area contributed by atoms with E-state index in [1.807, 2.05) is 11.0 Å². The van der Waals surface area contributed by atoms with Gasteiger partial charge in [-0.1, -0.05) is 0 Å². The molecule has 3 rings (SSSR count). The molecule has 23 heavy (non-hydrogen) atoms. The van der Waals surface area contributed by atoms with Gasteiger partial charge in [0.1, 0.15) is 11.5 Å². The number of rotatable bonds is 4. The number of ether oxygens (including phenoxy) is 2. The standard InChI is InChI=1S/C17H25N3O3/c1-22-14-3-4-16(23-2)15(11-14)17(21)20-8-5-13(12-20)19-9-6-18-7-10-19/h3-4,11,13,18H,5-10,12H2,1-2H3. The molecule has 126 valence electrons. The van der Waals surface area contributed by atoms with E-state index in [4.69, 9.17) is 9.47 Å². The first kappa shape index (κ1) is 16.1. The second-order valence-corrected chi connectivity index (χ2v) is 6.05. The summed E-state index contributed by atoms with van der Waals surface area (Å²) in [5.74, 6) is 1.30. The molecule has 2 heterocycles. The zero-order chi connectivity index (χ0) is 16.2. The molecule has 1 unspecified atom stereocenters. The van der Waals surface area contributed by atoms with E-state index in [0.717, 1.165) is 45.7 Å². The van der Waals surface area contributed by atoms with Crippen LogP contribution in [-0.4, -0.2) is 75.2 Å². The van der Waals surface area contributed by atoms with Crippen LogP contribution in [0.1, 0.15) is 16.8 Å². The van der Waals surface area contributed by atoms with Gasteiger partial charge in [-0.15, -0.1) is 0 Å². The van der Waals surface area contributed by atoms with Crippen LogP contribution < -0.4 is 14.8 Å². The molecule has 2 fully saturated rings. The van der Waals surface area contributed by atoms with Crippen LogP contribution in [0.4, 0.5) is 0 Å². The molecule has 0 saturated carbocycles. The summed E-state index contributed by atoms with van der Waals surface area (Å²) in [6.07, 6.45) is 1.04. The maximum absolute atomic E-state index is 12.9. The molecule has 6 nitrogen and oxygen atoms in total. The molecule has 1 N–H and O–H groups in total. The number of likely N-dealkylation sites (tertiary alicyclic amines) is 1. The smallest absolute Gasteiger partial charge is 0.257 e. The summed E-state index contributed by atoms with van der Waals surface area (Å²) in [4.78, 5) is 17.3. The van der Waals surface area contributed by atoms with Crippen molar-refractivity contribution >= 4 is 5.91 Å². The van der Waals surface area contributed by atoms with Gasteiger partial charge in [-0.25, -0.2) is 0 Å². The lowest BCUT2D eigenvalue weighted by molar-refractivity contribution is 0.0769. The highest BCUT2D eigenvalue weighted by Gasteiger charge is 2.32. The predicted octanol–water partition coefficient (Wildman–Crippen LogP) is 0.824. The lowest BCUT2D eigenvalue weighted by Gasteiger charge is -2.32. The molecule has 1 aromatic rings. The van der Waals surface area contributed by atoms with Crippen molar-refractivity contribution in [3.63, 3.8) is 0 Å². The van der Waals surface area contributed by atoms with Gasteiger partial charge in [-0.2, -0.15) is 0 Å². The minimum Gasteiger partial charge on any atom is -0.497 e. The Balaban J connectivity index is 1.71. The number of hydrogen-bond acceptors (Lipinski definition) is 5. The van der Waals surface area contributed by atoms with Gasteiger partial charge >= 0.3 is 0 Å². The first-order valence-corrected chi connectivity index (χ1v) is 8.19. The van der Waals surface area contributed by atoms with Gasteiger partial charge in [-0.3, -0.25) is 9.69 Å². The van der Waals surface area contributed by atoms with Crippen LogP contribution in [0.3, 0.4) is 0 Å². The third-order valence-corrected chi connectivity index (χ3v) is 4.76. The number of carbonyl (C=O) groups is 1. The Morgan fingerprint density at radius 1 is 1.17 bits per heavy atom. The number of nitrogens with zero attached hydrogens (tertiary/aromatic N) is 2. The molecule has 2 aliphatic rings. The van der Waals surface area contributed by atoms with Crippen LogP contribution in [0.2, 0.25) is 0 Å². The van der Waals surface area contributed by atoms with Gasteiger partial charge in [0.15, 0.2) is 0 Å². The number of hydrogen-bond donors (Lipinski definition) is 1. The minimum atomic E-state index is 0.0263. The number of methoxy groups -OCH3 is 2. The second-order valence-electron chi connectivity index (χ2n) is 6.05. The van der Waals surface area contributed by atoms with E-state index in [9.17, 15) is 4.79 Å². The van der Waals surface area contributed by atoms with Crippen LogP contribution in [-0.2, 0) is 0 Å². The molecule has 2 aliphatic heterocycles. The summed E-state index contributed by atoms with van der Waals surface area (Å²) >= 11 is 0. The number of amides is 1. The van der Waals surface area contributed by atoms with Crippen molar-refractivity contribution in [3.05, 3.63) is 23.8 Å². The zero-order valence-electron chi connectivity index (χ0n) is 13.9. The molecule has 0 radical (unpaired) electrons. The molecular weight excluding hydrogens is 294 g/mol. The van der Waals surface area contributed by atoms with Gasteiger partial charge in [0.05, 0.1) is 19.8 Å². The SMILES string of the molecule is COc1ccc(OC)c(C(=O)N2CCC(N3CCNCC3)C2)c1. The third-order valence-electron chi connectivity index (χ3n) is 4.76. The van der Waals surface area contributed by atoms with Crippen molar-refractivity contribution in [1.29, 1.82) is 0 Å². The van der Waals surface area contributed by atoms with Gasteiger partial charge in [0.25, 0.3) is 5.91 Å². The van der Waals surface area contributed by atoms with Crippen LogP contribution in [0, 0.1) is 0 Å². The maximum Gasteiger partial charge on any atom is 0.257 e. The Labute approximate surface area is 137 Å². The minimum absolute atomic E-state index is 0.0263. The molecule has 6 heteroatoms. The van der Waals surface area contributed by atoms with E-state index in [0.29, 0.717) is 23.1 Å². The average molecular weight is 319 g/mol. The van der Waals surface area contributed by atoms with Crippen LogP contribution in [0.25, 0.3) is 0 Å². The van der Waals surface area contributed by atoms with Gasteiger partial charge in [0, 0.05) is 45.3 Å². The largest absolute Gasteiger partial charge is 0.497 e.